The molecule has 0 bridgehead atoms. The van der Waals surface area contributed by atoms with Crippen LogP contribution in [-0.2, 0) is 0 Å². The zero-order valence-corrected chi connectivity index (χ0v) is 12.7. The van der Waals surface area contributed by atoms with E-state index in [1.165, 1.54) is 0 Å². The second-order valence-electron chi connectivity index (χ2n) is 5.45. The first-order valence-corrected chi connectivity index (χ1v) is 7.52. The summed E-state index contributed by atoms with van der Waals surface area (Å²) in [4.78, 5) is 2.41. The molecule has 0 saturated carbocycles. The van der Waals surface area contributed by atoms with E-state index in [1.807, 2.05) is 6.92 Å². The molecule has 2 rings (SSSR count). The second-order valence-corrected chi connectivity index (χ2v) is 5.86. The van der Waals surface area contributed by atoms with Crippen LogP contribution in [0, 0.1) is 17.6 Å². The summed E-state index contributed by atoms with van der Waals surface area (Å²) >= 11 is 5.91. The Balaban J connectivity index is 2.00. The van der Waals surface area contributed by atoms with Crippen molar-refractivity contribution >= 4 is 17.3 Å². The molecule has 1 aromatic carbocycles. The van der Waals surface area contributed by atoms with Gasteiger partial charge in [-0.2, -0.15) is 0 Å². The number of nitrogens with zero attached hydrogens (tertiary/aromatic N) is 1. The van der Waals surface area contributed by atoms with Gasteiger partial charge in [0.25, 0.3) is 0 Å². The van der Waals surface area contributed by atoms with Crippen LogP contribution in [0.15, 0.2) is 12.1 Å². The smallest absolute Gasteiger partial charge is 0.150 e. The maximum Gasteiger partial charge on any atom is 0.150 e. The van der Waals surface area contributed by atoms with Crippen molar-refractivity contribution in [3.05, 3.63) is 28.8 Å². The average molecular weight is 303 g/mol. The van der Waals surface area contributed by atoms with E-state index < -0.39 is 11.6 Å². The van der Waals surface area contributed by atoms with Crippen molar-refractivity contribution in [2.75, 3.05) is 25.0 Å². The molecule has 0 amide bonds. The highest BCUT2D eigenvalue weighted by Crippen LogP contribution is 2.30. The fourth-order valence-corrected chi connectivity index (χ4v) is 3.04. The Hall–Kier alpha value is -0.870. The molecule has 0 spiro atoms. The highest BCUT2D eigenvalue weighted by molar-refractivity contribution is 6.33. The van der Waals surface area contributed by atoms with Gasteiger partial charge in [-0.05, 0) is 51.4 Å². The Morgan fingerprint density at radius 3 is 2.55 bits per heavy atom. The van der Waals surface area contributed by atoms with Crippen LogP contribution in [0.1, 0.15) is 26.7 Å². The lowest BCUT2D eigenvalue weighted by Crippen LogP contribution is -2.39. The third kappa shape index (κ3) is 3.61. The van der Waals surface area contributed by atoms with Gasteiger partial charge in [-0.25, -0.2) is 8.78 Å². The molecule has 1 aliphatic rings. The fourth-order valence-electron chi connectivity index (χ4n) is 2.79. The second kappa shape index (κ2) is 6.72. The number of anilines is 1. The van der Waals surface area contributed by atoms with Crippen LogP contribution >= 0.6 is 11.6 Å². The van der Waals surface area contributed by atoms with Crippen LogP contribution in [0.4, 0.5) is 14.5 Å². The Kier molecular flexibility index (Phi) is 5.22. The van der Waals surface area contributed by atoms with E-state index in [0.29, 0.717) is 5.92 Å². The molecule has 1 aromatic rings. The van der Waals surface area contributed by atoms with E-state index in [2.05, 4.69) is 17.1 Å². The number of benzene rings is 1. The zero-order chi connectivity index (χ0) is 14.7. The van der Waals surface area contributed by atoms with Crippen molar-refractivity contribution in [3.63, 3.8) is 0 Å². The quantitative estimate of drug-likeness (QED) is 0.899. The van der Waals surface area contributed by atoms with Crippen molar-refractivity contribution in [2.45, 2.75) is 32.7 Å². The summed E-state index contributed by atoms with van der Waals surface area (Å²) in [6, 6.07) is 2.12. The van der Waals surface area contributed by atoms with Gasteiger partial charge in [0, 0.05) is 12.1 Å². The number of halogens is 3. The first-order valence-electron chi connectivity index (χ1n) is 7.14. The van der Waals surface area contributed by atoms with Crippen LogP contribution in [0.3, 0.4) is 0 Å². The predicted molar refractivity (Wildman–Crippen MR) is 79.3 cm³/mol. The van der Waals surface area contributed by atoms with Crippen molar-refractivity contribution < 1.29 is 8.78 Å². The van der Waals surface area contributed by atoms with Crippen LogP contribution in [0.25, 0.3) is 0 Å². The van der Waals surface area contributed by atoms with E-state index in [4.69, 9.17) is 11.6 Å². The molecule has 112 valence electrons. The van der Waals surface area contributed by atoms with Crippen LogP contribution < -0.4 is 5.32 Å². The number of hydrogen-bond donors (Lipinski definition) is 1. The molecule has 1 saturated heterocycles. The highest BCUT2D eigenvalue weighted by Gasteiger charge is 2.24. The first kappa shape index (κ1) is 15.5. The SMILES string of the molecule is CCN1CCC(C(C)Nc2c(F)cc(F)cc2Cl)CC1. The number of nitrogens with one attached hydrogen (secondary N) is 1. The van der Waals surface area contributed by atoms with Crippen LogP contribution in [-0.4, -0.2) is 30.6 Å². The van der Waals surface area contributed by atoms with Crippen molar-refractivity contribution in [1.82, 2.24) is 4.90 Å². The van der Waals surface area contributed by atoms with Crippen molar-refractivity contribution in [3.8, 4) is 0 Å². The van der Waals surface area contributed by atoms with Crippen molar-refractivity contribution in [2.24, 2.45) is 5.92 Å². The predicted octanol–water partition coefficient (Wildman–Crippen LogP) is 4.15. The molecular weight excluding hydrogens is 282 g/mol. The Labute approximate surface area is 124 Å². The molecule has 0 radical (unpaired) electrons. The number of piperidine rings is 1. The Morgan fingerprint density at radius 1 is 1.35 bits per heavy atom. The van der Waals surface area contributed by atoms with Gasteiger partial charge in [-0.3, -0.25) is 0 Å². The Bertz CT molecular complexity index is 436. The molecule has 2 nitrogen and oxygen atoms in total. The topological polar surface area (TPSA) is 15.3 Å². The summed E-state index contributed by atoms with van der Waals surface area (Å²) in [7, 11) is 0. The van der Waals surface area contributed by atoms with E-state index >= 15 is 0 Å². The summed E-state index contributed by atoms with van der Waals surface area (Å²) in [6.07, 6.45) is 2.17. The van der Waals surface area contributed by atoms with Gasteiger partial charge < -0.3 is 10.2 Å². The largest absolute Gasteiger partial charge is 0.379 e. The lowest BCUT2D eigenvalue weighted by atomic mass is 9.90. The van der Waals surface area contributed by atoms with E-state index in [0.717, 1.165) is 44.6 Å². The summed E-state index contributed by atoms with van der Waals surface area (Å²) in [6.45, 7) is 7.42. The minimum atomic E-state index is -0.651. The normalized spacial score (nSPS) is 19.1. The molecule has 20 heavy (non-hydrogen) atoms. The minimum Gasteiger partial charge on any atom is -0.379 e. The maximum absolute atomic E-state index is 13.8. The zero-order valence-electron chi connectivity index (χ0n) is 11.9. The Morgan fingerprint density at radius 2 is 2.00 bits per heavy atom. The monoisotopic (exact) mass is 302 g/mol. The molecule has 1 fully saturated rings. The fraction of sp³-hybridized carbons (Fsp3) is 0.600. The molecule has 1 N–H and O–H groups in total. The summed E-state index contributed by atoms with van der Waals surface area (Å²) in [5.41, 5.74) is 0.207. The third-order valence-electron chi connectivity index (χ3n) is 4.17. The van der Waals surface area contributed by atoms with Crippen molar-refractivity contribution in [1.29, 1.82) is 0 Å². The number of likely N-dealkylation sites (tertiary alicyclic amines) is 1. The third-order valence-corrected chi connectivity index (χ3v) is 4.46. The van der Waals surface area contributed by atoms with Gasteiger partial charge >= 0.3 is 0 Å². The molecular formula is C15H21ClF2N2. The molecule has 0 aliphatic carbocycles. The van der Waals surface area contributed by atoms with Gasteiger partial charge in [-0.1, -0.05) is 18.5 Å². The first-order chi connectivity index (χ1) is 9.51. The van der Waals surface area contributed by atoms with Gasteiger partial charge in [0.1, 0.15) is 5.82 Å². The molecule has 5 heteroatoms. The summed E-state index contributed by atoms with van der Waals surface area (Å²) < 4.78 is 26.8. The average Bonchev–Trinajstić information content (AvgIpc) is 2.42. The lowest BCUT2D eigenvalue weighted by molar-refractivity contribution is 0.183. The molecule has 1 heterocycles. The van der Waals surface area contributed by atoms with Gasteiger partial charge in [0.2, 0.25) is 0 Å². The van der Waals surface area contributed by atoms with E-state index in [9.17, 15) is 8.78 Å². The molecule has 1 atom stereocenters. The highest BCUT2D eigenvalue weighted by atomic mass is 35.5. The molecule has 1 unspecified atom stereocenters. The van der Waals surface area contributed by atoms with Gasteiger partial charge in [-0.15, -0.1) is 0 Å². The van der Waals surface area contributed by atoms with Gasteiger partial charge in [0.15, 0.2) is 5.82 Å². The van der Waals surface area contributed by atoms with E-state index in [1.54, 1.807) is 0 Å². The van der Waals surface area contributed by atoms with Crippen LogP contribution in [0.2, 0.25) is 5.02 Å². The molecule has 0 aromatic heterocycles. The number of rotatable bonds is 4. The van der Waals surface area contributed by atoms with Gasteiger partial charge in [0.05, 0.1) is 10.7 Å². The standard InChI is InChI=1S/C15H21ClF2N2/c1-3-20-6-4-11(5-7-20)10(2)19-15-13(16)8-12(17)9-14(15)18/h8-11,19H,3-7H2,1-2H3. The summed E-state index contributed by atoms with van der Waals surface area (Å²) in [5, 5.41) is 3.21. The number of hydrogen-bond acceptors (Lipinski definition) is 2. The lowest BCUT2D eigenvalue weighted by Gasteiger charge is -2.35. The molecule has 1 aliphatic heterocycles. The summed E-state index contributed by atoms with van der Waals surface area (Å²) in [5.74, 6) is -0.798. The van der Waals surface area contributed by atoms with Crippen LogP contribution in [0.5, 0.6) is 0 Å². The maximum atomic E-state index is 13.8. The van der Waals surface area contributed by atoms with E-state index in [-0.39, 0.29) is 16.8 Å². The minimum absolute atomic E-state index is 0.0975.